The first-order valence-electron chi connectivity index (χ1n) is 12.0. The molecule has 3 aromatic rings. The van der Waals surface area contributed by atoms with Gasteiger partial charge in [-0.1, -0.05) is 6.07 Å². The lowest BCUT2D eigenvalue weighted by Crippen LogP contribution is -2.48. The number of nitrogens with two attached hydrogens (primary N) is 2. The average molecular weight is 515 g/mol. The van der Waals surface area contributed by atoms with E-state index in [2.05, 4.69) is 21.3 Å². The number of pyridine rings is 1. The number of hydrogen-bond donors (Lipinski definition) is 3. The Kier molecular flexibility index (Phi) is 5.53. The normalized spacial score (nSPS) is 30.3. The number of carbonyl (C=O) groups is 1. The first-order valence-corrected chi connectivity index (χ1v) is 13.7. The summed E-state index contributed by atoms with van der Waals surface area (Å²) in [7, 11) is 0. The first-order chi connectivity index (χ1) is 16.7. The van der Waals surface area contributed by atoms with Crippen LogP contribution in [0.4, 0.5) is 11.5 Å². The number of rotatable bonds is 3. The molecule has 4 unspecified atom stereocenters. The average Bonchev–Trinajstić information content (AvgIpc) is 3.52. The van der Waals surface area contributed by atoms with Gasteiger partial charge in [-0.2, -0.15) is 0 Å². The number of anilines is 2. The van der Waals surface area contributed by atoms with Gasteiger partial charge in [0, 0.05) is 18.3 Å². The quantitative estimate of drug-likeness (QED) is 0.487. The van der Waals surface area contributed by atoms with Crippen molar-refractivity contribution in [2.45, 2.75) is 70.1 Å². The summed E-state index contributed by atoms with van der Waals surface area (Å²) < 4.78 is 13.2. The molecule has 0 saturated carbocycles. The maximum atomic E-state index is 13.0. The lowest BCUT2D eigenvalue weighted by atomic mass is 9.91. The fourth-order valence-corrected chi connectivity index (χ4v) is 7.41. The molecule has 1 aliphatic carbocycles. The van der Waals surface area contributed by atoms with Crippen molar-refractivity contribution in [2.75, 3.05) is 23.7 Å². The topological polar surface area (TPSA) is 129 Å². The zero-order valence-corrected chi connectivity index (χ0v) is 21.7. The molecule has 2 saturated heterocycles. The fourth-order valence-electron chi connectivity index (χ4n) is 5.32. The van der Waals surface area contributed by atoms with E-state index in [1.54, 1.807) is 0 Å². The molecule has 3 aliphatic rings. The van der Waals surface area contributed by atoms with Crippen molar-refractivity contribution in [1.82, 2.24) is 15.3 Å². The summed E-state index contributed by atoms with van der Waals surface area (Å²) in [6.45, 7) is 7.20. The molecule has 5 N–H and O–H groups in total. The number of nitrogens with one attached hydrogen (secondary N) is 1. The van der Waals surface area contributed by atoms with E-state index >= 15 is 0 Å². The number of thiazole rings is 1. The second-order valence-electron chi connectivity index (χ2n) is 9.85. The van der Waals surface area contributed by atoms with Crippen LogP contribution in [0.2, 0.25) is 0 Å². The number of hydrogen-bond acceptors (Lipinski definition) is 10. The highest BCUT2D eigenvalue weighted by Crippen LogP contribution is 2.39. The number of aromatic nitrogens is 2. The molecule has 186 valence electrons. The van der Waals surface area contributed by atoms with E-state index < -0.39 is 5.79 Å². The molecule has 6 rings (SSSR count). The van der Waals surface area contributed by atoms with Crippen LogP contribution >= 0.6 is 22.7 Å². The largest absolute Gasteiger partial charge is 0.396 e. The predicted octanol–water partition coefficient (Wildman–Crippen LogP) is 2.60. The summed E-state index contributed by atoms with van der Waals surface area (Å²) in [5.41, 5.74) is 15.5. The molecular weight excluding hydrogens is 484 g/mol. The van der Waals surface area contributed by atoms with E-state index in [9.17, 15) is 4.79 Å². The van der Waals surface area contributed by atoms with Crippen LogP contribution in [0.5, 0.6) is 0 Å². The summed E-state index contributed by atoms with van der Waals surface area (Å²) in [5.74, 6) is 0.00922. The third-order valence-corrected chi connectivity index (χ3v) is 9.56. The monoisotopic (exact) mass is 514 g/mol. The third kappa shape index (κ3) is 3.89. The molecule has 0 aromatic carbocycles. The smallest absolute Gasteiger partial charge is 0.263 e. The van der Waals surface area contributed by atoms with E-state index in [1.165, 1.54) is 22.7 Å². The predicted molar refractivity (Wildman–Crippen MR) is 138 cm³/mol. The summed E-state index contributed by atoms with van der Waals surface area (Å²) in [6.07, 6.45) is 2.42. The minimum Gasteiger partial charge on any atom is -0.396 e. The Morgan fingerprint density at radius 2 is 2.00 bits per heavy atom. The van der Waals surface area contributed by atoms with Gasteiger partial charge in [0.2, 0.25) is 5.79 Å². The molecule has 1 spiro atoms. The molecule has 4 atom stereocenters. The van der Waals surface area contributed by atoms with E-state index in [-0.39, 0.29) is 30.2 Å². The third-order valence-electron chi connectivity index (χ3n) is 7.33. The molecule has 11 heteroatoms. The Morgan fingerprint density at radius 3 is 2.74 bits per heavy atom. The number of carbonyl (C=O) groups excluding carboxylic acids is 1. The highest BCUT2D eigenvalue weighted by Gasteiger charge is 2.54. The summed E-state index contributed by atoms with van der Waals surface area (Å²) in [4.78, 5) is 25.9. The number of amides is 1. The van der Waals surface area contributed by atoms with Gasteiger partial charge < -0.3 is 31.2 Å². The summed E-state index contributed by atoms with van der Waals surface area (Å²) in [6, 6.07) is 3.97. The molecule has 2 fully saturated rings. The van der Waals surface area contributed by atoms with Crippen molar-refractivity contribution in [1.29, 1.82) is 0 Å². The number of nitrogen functional groups attached to an aromatic ring is 1. The van der Waals surface area contributed by atoms with Crippen LogP contribution < -0.4 is 21.7 Å². The lowest BCUT2D eigenvalue weighted by molar-refractivity contribution is -0.164. The van der Waals surface area contributed by atoms with Gasteiger partial charge in [0.15, 0.2) is 0 Å². The summed E-state index contributed by atoms with van der Waals surface area (Å²) >= 11 is 2.90. The van der Waals surface area contributed by atoms with Gasteiger partial charge >= 0.3 is 0 Å². The molecule has 9 nitrogen and oxygen atoms in total. The van der Waals surface area contributed by atoms with Crippen molar-refractivity contribution >= 4 is 49.6 Å². The second kappa shape index (κ2) is 8.38. The van der Waals surface area contributed by atoms with Crippen LogP contribution in [0.3, 0.4) is 0 Å². The van der Waals surface area contributed by atoms with Crippen LogP contribution in [-0.2, 0) is 22.3 Å². The number of thiophene rings is 1. The van der Waals surface area contributed by atoms with Gasteiger partial charge in [-0.15, -0.1) is 22.7 Å². The van der Waals surface area contributed by atoms with Crippen LogP contribution in [0, 0.1) is 6.92 Å². The van der Waals surface area contributed by atoms with Gasteiger partial charge in [0.1, 0.15) is 15.5 Å². The lowest BCUT2D eigenvalue weighted by Gasteiger charge is -2.27. The van der Waals surface area contributed by atoms with Crippen molar-refractivity contribution in [3.63, 3.8) is 0 Å². The molecular formula is C24H30N6O3S2. The summed E-state index contributed by atoms with van der Waals surface area (Å²) in [5, 5.41) is 4.14. The Balaban J connectivity index is 1.13. The molecule has 1 amide bonds. The zero-order valence-electron chi connectivity index (χ0n) is 20.0. The molecule has 0 bridgehead atoms. The van der Waals surface area contributed by atoms with E-state index in [0.29, 0.717) is 23.7 Å². The van der Waals surface area contributed by atoms with Gasteiger partial charge in [-0.3, -0.25) is 4.79 Å². The Labute approximate surface area is 211 Å². The molecule has 35 heavy (non-hydrogen) atoms. The Morgan fingerprint density at radius 1 is 1.23 bits per heavy atom. The number of ether oxygens (including phenoxy) is 2. The maximum absolute atomic E-state index is 13.0. The minimum atomic E-state index is -0.766. The van der Waals surface area contributed by atoms with E-state index in [1.807, 2.05) is 26.8 Å². The number of fused-ring (bicyclic) bond motifs is 2. The van der Waals surface area contributed by atoms with Crippen molar-refractivity contribution in [3.8, 4) is 0 Å². The fraction of sp³-hybridized carbons (Fsp3) is 0.542. The van der Waals surface area contributed by atoms with E-state index in [0.717, 1.165) is 50.9 Å². The molecule has 3 aromatic heterocycles. The Bertz CT molecular complexity index is 1300. The number of aryl methyl sites for hydroxylation is 2. The van der Waals surface area contributed by atoms with Gasteiger partial charge in [0.05, 0.1) is 40.2 Å². The van der Waals surface area contributed by atoms with Crippen LogP contribution in [0.25, 0.3) is 9.53 Å². The van der Waals surface area contributed by atoms with Crippen molar-refractivity contribution < 1.29 is 14.3 Å². The van der Waals surface area contributed by atoms with Gasteiger partial charge in [0.25, 0.3) is 5.91 Å². The van der Waals surface area contributed by atoms with Gasteiger partial charge in [-0.05, 0) is 51.7 Å². The van der Waals surface area contributed by atoms with Crippen molar-refractivity contribution in [2.24, 2.45) is 5.73 Å². The van der Waals surface area contributed by atoms with Crippen LogP contribution in [0.15, 0.2) is 12.1 Å². The minimum absolute atomic E-state index is 0.0192. The van der Waals surface area contributed by atoms with Crippen LogP contribution in [0.1, 0.15) is 46.2 Å². The highest BCUT2D eigenvalue weighted by atomic mass is 32.1. The zero-order chi connectivity index (χ0) is 24.5. The molecule has 0 radical (unpaired) electrons. The molecule has 5 heterocycles. The SMILES string of the molecule is Cc1nc2sc(C(=O)NC3CCc4nc(N5CC(N)C6(C5)OC(C)C(C)O6)ccc4C3)c(N)c2s1. The Hall–Kier alpha value is -2.31. The first kappa shape index (κ1) is 23.1. The van der Waals surface area contributed by atoms with Crippen molar-refractivity contribution in [3.05, 3.63) is 33.3 Å². The number of nitrogens with zero attached hydrogens (tertiary/aromatic N) is 3. The van der Waals surface area contributed by atoms with Gasteiger partial charge in [-0.25, -0.2) is 9.97 Å². The molecule has 2 aliphatic heterocycles. The highest BCUT2D eigenvalue weighted by molar-refractivity contribution is 7.29. The van der Waals surface area contributed by atoms with E-state index in [4.69, 9.17) is 25.9 Å². The second-order valence-corrected chi connectivity index (χ2v) is 12.0. The standard InChI is InChI=1S/C24H30N6O3S2/c1-11-12(2)33-24(32-11)10-30(9-17(24)25)18-7-4-14-8-15(5-6-16(14)29-18)28-22(31)20-19(26)21-23(35-20)27-13(3)34-21/h4,7,11-12,15,17H,5-6,8-10,25-26H2,1-3H3,(H,28,31). The van der Waals surface area contributed by atoms with Crippen LogP contribution in [-0.4, -0.2) is 59.0 Å². The maximum Gasteiger partial charge on any atom is 0.263 e.